The van der Waals surface area contributed by atoms with E-state index in [0.717, 1.165) is 0 Å². The normalized spacial score (nSPS) is 16.0. The number of hydrogen-bond acceptors (Lipinski definition) is 3. The predicted octanol–water partition coefficient (Wildman–Crippen LogP) is 10.1. The van der Waals surface area contributed by atoms with Crippen molar-refractivity contribution < 1.29 is 27.8 Å². The van der Waals surface area contributed by atoms with E-state index < -0.39 is 23.2 Å². The number of Topliss-reactive ketones (excluding diaryl/α,β-unsaturated/α-hetero) is 1. The third-order valence-electron chi connectivity index (χ3n) is 7.77. The number of ketones is 1. The molecular weight excluding hydrogens is 653 g/mol. The van der Waals surface area contributed by atoms with Gasteiger partial charge in [0.05, 0.1) is 33.3 Å². The summed E-state index contributed by atoms with van der Waals surface area (Å²) in [5.74, 6) is -0.0899. The van der Waals surface area contributed by atoms with Crippen LogP contribution in [0, 0.1) is 11.6 Å². The van der Waals surface area contributed by atoms with E-state index in [2.05, 4.69) is 0 Å². The summed E-state index contributed by atoms with van der Waals surface area (Å²) >= 11 is 12.9. The molecule has 0 N–H and O–H groups in total. The quantitative estimate of drug-likeness (QED) is 0.133. The molecule has 4 aromatic carbocycles. The minimum Gasteiger partial charge on any atom is -0.871 e. The van der Waals surface area contributed by atoms with Crippen molar-refractivity contribution in [1.29, 1.82) is 0 Å². The van der Waals surface area contributed by atoms with Gasteiger partial charge in [0, 0.05) is 22.3 Å². The Bertz CT molecular complexity index is 2260. The van der Waals surface area contributed by atoms with E-state index in [1.807, 2.05) is 12.1 Å². The molecule has 48 heavy (non-hydrogen) atoms. The van der Waals surface area contributed by atoms with Gasteiger partial charge in [0.15, 0.2) is 5.78 Å². The molecular formula is C40H22Cl2F2O4. The first-order chi connectivity index (χ1) is 23.2. The molecule has 7 rings (SSSR count). The highest BCUT2D eigenvalue weighted by Gasteiger charge is 2.28. The third-order valence-corrected chi connectivity index (χ3v) is 8.43. The first-order valence-corrected chi connectivity index (χ1v) is 15.5. The van der Waals surface area contributed by atoms with Crippen LogP contribution in [0.3, 0.4) is 0 Å². The minimum atomic E-state index is -0.438. The first-order valence-electron chi connectivity index (χ1n) is 14.7. The number of hydrogen-bond donors (Lipinski definition) is 0. The summed E-state index contributed by atoms with van der Waals surface area (Å²) in [5, 5.41) is 14.3. The van der Waals surface area contributed by atoms with Crippen LogP contribution in [-0.4, -0.2) is 5.78 Å². The smallest absolute Gasteiger partial charge is 0.362 e. The van der Waals surface area contributed by atoms with Crippen LogP contribution in [0.5, 0.6) is 0 Å². The summed E-state index contributed by atoms with van der Waals surface area (Å²) in [6.45, 7) is 0. The third kappa shape index (κ3) is 6.24. The number of allylic oxidation sites excluding steroid dienone is 6. The second-order valence-electron chi connectivity index (χ2n) is 11.0. The maximum Gasteiger partial charge on any atom is 0.362 e. The fourth-order valence-electron chi connectivity index (χ4n) is 5.34. The molecule has 234 valence electrons. The number of ether oxygens (including phenoxy) is 1. The van der Waals surface area contributed by atoms with Gasteiger partial charge in [0.1, 0.15) is 23.2 Å². The molecule has 2 heterocycles. The Morgan fingerprint density at radius 1 is 0.667 bits per heavy atom. The fraction of sp³-hybridized carbons (Fsp3) is 0. The van der Waals surface area contributed by atoms with Crippen molar-refractivity contribution in [2.45, 2.75) is 0 Å². The lowest BCUT2D eigenvalue weighted by Crippen LogP contribution is -2.29. The number of carbonyl (C=O) groups excluding carboxylic acids is 1. The summed E-state index contributed by atoms with van der Waals surface area (Å²) < 4.78 is 39.6. The van der Waals surface area contributed by atoms with Crippen LogP contribution in [0.2, 0.25) is 10.0 Å². The highest BCUT2D eigenvalue weighted by atomic mass is 35.5. The standard InChI is InChI=1S/C40H22Cl2F2O4/c41-33-7-3-1-5-29(33)37-21-23(19-35(47-37)25-9-13-27(43)14-10-25)17-31-39(45)32(40(31)46)18-24-20-36(26-11-15-28(44)16-12-26)48-38(22-24)30-6-2-4-8-34(30)42/h1-22H. The number of carbonyl (C=O) groups is 1. The Hall–Kier alpha value is -5.56. The van der Waals surface area contributed by atoms with E-state index >= 15 is 0 Å². The van der Waals surface area contributed by atoms with Crippen molar-refractivity contribution in [2.75, 3.05) is 0 Å². The Morgan fingerprint density at radius 3 is 1.85 bits per heavy atom. The number of halogens is 4. The Labute approximate surface area is 284 Å². The van der Waals surface area contributed by atoms with Gasteiger partial charge in [-0.3, -0.25) is 4.79 Å². The lowest BCUT2D eigenvalue weighted by molar-refractivity contribution is -0.300. The molecule has 1 aliphatic heterocycles. The second-order valence-corrected chi connectivity index (χ2v) is 11.8. The van der Waals surface area contributed by atoms with Crippen LogP contribution in [-0.2, 0) is 9.53 Å². The summed E-state index contributed by atoms with van der Waals surface area (Å²) in [6.07, 6.45) is 6.37. The number of benzene rings is 4. The molecule has 0 saturated carbocycles. The minimum absolute atomic E-state index is 0.00619. The van der Waals surface area contributed by atoms with Crippen molar-refractivity contribution in [3.05, 3.63) is 188 Å². The first kappa shape index (κ1) is 31.1. The van der Waals surface area contributed by atoms with E-state index in [0.29, 0.717) is 66.5 Å². The van der Waals surface area contributed by atoms with Crippen LogP contribution in [0.25, 0.3) is 40.2 Å². The Kier molecular flexibility index (Phi) is 8.36. The molecule has 2 aliphatic rings. The van der Waals surface area contributed by atoms with Crippen molar-refractivity contribution in [1.82, 2.24) is 0 Å². The molecule has 4 nitrogen and oxygen atoms in total. The van der Waals surface area contributed by atoms with Gasteiger partial charge in [-0.1, -0.05) is 53.2 Å². The van der Waals surface area contributed by atoms with Crippen LogP contribution in [0.15, 0.2) is 154 Å². The zero-order chi connectivity index (χ0) is 33.4. The van der Waals surface area contributed by atoms with Crippen molar-refractivity contribution >= 4 is 46.6 Å². The van der Waals surface area contributed by atoms with Crippen LogP contribution in [0.4, 0.5) is 8.78 Å². The highest BCUT2D eigenvalue weighted by Crippen LogP contribution is 2.38. The molecule has 5 aromatic rings. The zero-order valence-corrected chi connectivity index (χ0v) is 26.4. The van der Waals surface area contributed by atoms with E-state index in [4.69, 9.17) is 32.4 Å². The SMILES string of the molecule is O=C1C(=Cc2cc(-c3ccc(F)cc3)[o+]c(-c3ccccc3Cl)c2)C([O-])=C1C=C1C=C(c2ccc(F)cc2)OC(c2ccccc2Cl)=C1. The van der Waals surface area contributed by atoms with Crippen LogP contribution in [0.1, 0.15) is 16.7 Å². The molecule has 8 heteroatoms. The maximum atomic E-state index is 13.7. The Morgan fingerprint density at radius 2 is 1.23 bits per heavy atom. The fourth-order valence-corrected chi connectivity index (χ4v) is 5.80. The molecule has 0 unspecified atom stereocenters. The van der Waals surface area contributed by atoms with Gasteiger partial charge in [-0.15, -0.1) is 0 Å². The Balaban J connectivity index is 1.29. The highest BCUT2D eigenvalue weighted by molar-refractivity contribution is 6.33. The van der Waals surface area contributed by atoms with Gasteiger partial charge in [0.2, 0.25) is 0 Å². The van der Waals surface area contributed by atoms with Gasteiger partial charge in [-0.2, -0.15) is 0 Å². The molecule has 0 spiro atoms. The average Bonchev–Trinajstić information content (AvgIpc) is 3.10. The number of rotatable bonds is 6. The molecule has 1 aliphatic carbocycles. The molecule has 0 fully saturated rings. The molecule has 1 aromatic heterocycles. The molecule has 0 atom stereocenters. The molecule has 0 saturated heterocycles. The van der Waals surface area contributed by atoms with Gasteiger partial charge in [0.25, 0.3) is 0 Å². The molecule has 0 bridgehead atoms. The molecule has 0 radical (unpaired) electrons. The summed E-state index contributed by atoms with van der Waals surface area (Å²) in [4.78, 5) is 13.5. The average molecular weight is 676 g/mol. The van der Waals surface area contributed by atoms with Crippen molar-refractivity contribution in [2.24, 2.45) is 0 Å². The maximum absolute atomic E-state index is 13.7. The van der Waals surface area contributed by atoms with E-state index in [-0.39, 0.29) is 11.1 Å². The molecule has 0 amide bonds. The summed E-state index contributed by atoms with van der Waals surface area (Å²) in [7, 11) is 0. The van der Waals surface area contributed by atoms with Gasteiger partial charge in [-0.05, 0) is 108 Å². The summed E-state index contributed by atoms with van der Waals surface area (Å²) in [5.41, 5.74) is 3.43. The largest absolute Gasteiger partial charge is 0.871 e. The van der Waals surface area contributed by atoms with Crippen molar-refractivity contribution in [3.8, 4) is 22.6 Å². The predicted molar refractivity (Wildman–Crippen MR) is 182 cm³/mol. The van der Waals surface area contributed by atoms with Gasteiger partial charge >= 0.3 is 11.5 Å². The van der Waals surface area contributed by atoms with E-state index in [1.165, 1.54) is 36.4 Å². The van der Waals surface area contributed by atoms with E-state index in [1.54, 1.807) is 84.9 Å². The zero-order valence-electron chi connectivity index (χ0n) is 24.8. The monoisotopic (exact) mass is 674 g/mol. The van der Waals surface area contributed by atoms with Gasteiger partial charge in [-0.25, -0.2) is 13.2 Å². The lowest BCUT2D eigenvalue weighted by atomic mass is 9.85. The second kappa shape index (κ2) is 12.9. The van der Waals surface area contributed by atoms with Crippen molar-refractivity contribution in [3.63, 3.8) is 0 Å². The van der Waals surface area contributed by atoms with E-state index in [9.17, 15) is 18.7 Å². The lowest BCUT2D eigenvalue weighted by Gasteiger charge is -2.29. The van der Waals surface area contributed by atoms with Crippen LogP contribution < -0.4 is 5.11 Å². The summed E-state index contributed by atoms with van der Waals surface area (Å²) in [6, 6.07) is 29.1. The van der Waals surface area contributed by atoms with Gasteiger partial charge < -0.3 is 9.84 Å². The topological polar surface area (TPSA) is 60.7 Å². The van der Waals surface area contributed by atoms with Crippen LogP contribution >= 0.6 is 23.2 Å².